The minimum Gasteiger partial charge on any atom is -0.481 e. The minimum atomic E-state index is -3.04. The van der Waals surface area contributed by atoms with Gasteiger partial charge in [0.1, 0.15) is 0 Å². The van der Waals surface area contributed by atoms with Gasteiger partial charge in [-0.2, -0.15) is 0 Å². The Kier molecular flexibility index (Phi) is 5.61. The summed E-state index contributed by atoms with van der Waals surface area (Å²) in [5, 5.41) is 11.6. The molecule has 1 heterocycles. The average Bonchev–Trinajstić information content (AvgIpc) is 2.24. The lowest BCUT2D eigenvalue weighted by Crippen LogP contribution is -2.51. The molecular formula is C13H24N2O5S. The first kappa shape index (κ1) is 17.7. The quantitative estimate of drug-likeness (QED) is 0.794. The van der Waals surface area contributed by atoms with Crippen molar-refractivity contribution in [2.24, 2.45) is 5.41 Å². The summed E-state index contributed by atoms with van der Waals surface area (Å²) in [6.45, 7) is 6.23. The van der Waals surface area contributed by atoms with Crippen molar-refractivity contribution in [1.82, 2.24) is 10.2 Å². The zero-order valence-corrected chi connectivity index (χ0v) is 13.6. The zero-order chi connectivity index (χ0) is 16.3. The van der Waals surface area contributed by atoms with Crippen molar-refractivity contribution in [3.63, 3.8) is 0 Å². The van der Waals surface area contributed by atoms with E-state index in [0.717, 1.165) is 0 Å². The fourth-order valence-electron chi connectivity index (χ4n) is 2.31. The Morgan fingerprint density at radius 2 is 1.76 bits per heavy atom. The molecule has 1 saturated heterocycles. The number of nitrogens with one attached hydrogen (secondary N) is 1. The molecule has 0 radical (unpaired) electrons. The smallest absolute Gasteiger partial charge is 0.317 e. The van der Waals surface area contributed by atoms with Crippen LogP contribution in [0.25, 0.3) is 0 Å². The molecule has 1 rings (SSSR count). The van der Waals surface area contributed by atoms with Crippen LogP contribution < -0.4 is 5.32 Å². The number of hydrogen-bond donors (Lipinski definition) is 2. The molecule has 0 bridgehead atoms. The molecule has 1 atom stereocenters. The van der Waals surface area contributed by atoms with E-state index in [2.05, 4.69) is 5.32 Å². The Hall–Kier alpha value is -1.31. The van der Waals surface area contributed by atoms with Gasteiger partial charge in [-0.05, 0) is 11.8 Å². The van der Waals surface area contributed by atoms with Gasteiger partial charge < -0.3 is 15.3 Å². The van der Waals surface area contributed by atoms with Crippen LogP contribution in [-0.4, -0.2) is 61.1 Å². The second kappa shape index (κ2) is 6.64. The Balaban J connectivity index is 2.61. The van der Waals surface area contributed by atoms with Gasteiger partial charge in [0.25, 0.3) is 0 Å². The summed E-state index contributed by atoms with van der Waals surface area (Å²) in [5.41, 5.74) is -0.112. The van der Waals surface area contributed by atoms with E-state index in [1.165, 1.54) is 4.90 Å². The van der Waals surface area contributed by atoms with Crippen LogP contribution in [0, 0.1) is 5.41 Å². The molecule has 0 aromatic heterocycles. The van der Waals surface area contributed by atoms with Crippen molar-refractivity contribution in [3.05, 3.63) is 0 Å². The molecule has 7 nitrogen and oxygen atoms in total. The SMILES string of the molecule is CC(C)(C)CC(CC(=O)O)NC(=O)N1CCS(=O)(=O)CC1. The third-order valence-electron chi connectivity index (χ3n) is 3.24. The van der Waals surface area contributed by atoms with Crippen LogP contribution in [0.5, 0.6) is 0 Å². The molecule has 2 amide bonds. The fourth-order valence-corrected chi connectivity index (χ4v) is 3.51. The summed E-state index contributed by atoms with van der Waals surface area (Å²) in [5.74, 6) is -1.04. The number of hydrogen-bond acceptors (Lipinski definition) is 4. The number of rotatable bonds is 4. The van der Waals surface area contributed by atoms with Gasteiger partial charge in [0.05, 0.1) is 17.9 Å². The molecule has 21 heavy (non-hydrogen) atoms. The van der Waals surface area contributed by atoms with Gasteiger partial charge in [0, 0.05) is 19.1 Å². The Labute approximate surface area is 125 Å². The number of sulfone groups is 1. The number of carboxylic acids is 1. The van der Waals surface area contributed by atoms with E-state index in [4.69, 9.17) is 5.11 Å². The van der Waals surface area contributed by atoms with E-state index in [9.17, 15) is 18.0 Å². The maximum absolute atomic E-state index is 12.1. The van der Waals surface area contributed by atoms with Crippen LogP contribution in [0.3, 0.4) is 0 Å². The molecule has 1 fully saturated rings. The van der Waals surface area contributed by atoms with Crippen molar-refractivity contribution in [2.45, 2.75) is 39.7 Å². The van der Waals surface area contributed by atoms with Gasteiger partial charge in [-0.25, -0.2) is 13.2 Å². The molecule has 0 aromatic carbocycles. The van der Waals surface area contributed by atoms with Gasteiger partial charge in [-0.15, -0.1) is 0 Å². The second-order valence-corrected chi connectivity index (χ2v) is 8.95. The highest BCUT2D eigenvalue weighted by molar-refractivity contribution is 7.91. The summed E-state index contributed by atoms with van der Waals surface area (Å²) in [4.78, 5) is 24.4. The predicted octanol–water partition coefficient (Wildman–Crippen LogP) is 0.706. The van der Waals surface area contributed by atoms with Crippen LogP contribution in [0.1, 0.15) is 33.6 Å². The molecule has 2 N–H and O–H groups in total. The van der Waals surface area contributed by atoms with Crippen LogP contribution in [0.2, 0.25) is 0 Å². The average molecular weight is 320 g/mol. The van der Waals surface area contributed by atoms with E-state index < -0.39 is 21.8 Å². The first-order valence-corrected chi connectivity index (χ1v) is 8.78. The minimum absolute atomic E-state index is 0.0384. The zero-order valence-electron chi connectivity index (χ0n) is 12.8. The van der Waals surface area contributed by atoms with E-state index in [0.29, 0.717) is 6.42 Å². The predicted molar refractivity (Wildman–Crippen MR) is 78.9 cm³/mol. The molecule has 0 aliphatic carbocycles. The van der Waals surface area contributed by atoms with E-state index in [1.807, 2.05) is 20.8 Å². The summed E-state index contributed by atoms with van der Waals surface area (Å²) in [6.07, 6.45) is 0.395. The van der Waals surface area contributed by atoms with E-state index in [-0.39, 0.29) is 42.5 Å². The second-order valence-electron chi connectivity index (χ2n) is 6.65. The fraction of sp³-hybridized carbons (Fsp3) is 0.846. The number of urea groups is 1. The van der Waals surface area contributed by atoms with E-state index >= 15 is 0 Å². The molecule has 8 heteroatoms. The van der Waals surface area contributed by atoms with Gasteiger partial charge in [-0.1, -0.05) is 20.8 Å². The summed E-state index contributed by atoms with van der Waals surface area (Å²) in [7, 11) is -3.04. The Morgan fingerprint density at radius 1 is 1.24 bits per heavy atom. The largest absolute Gasteiger partial charge is 0.481 e. The third-order valence-corrected chi connectivity index (χ3v) is 4.85. The summed E-state index contributed by atoms with van der Waals surface area (Å²) >= 11 is 0. The summed E-state index contributed by atoms with van der Waals surface area (Å²) < 4.78 is 22.7. The molecule has 1 aliphatic heterocycles. The molecule has 1 unspecified atom stereocenters. The van der Waals surface area contributed by atoms with Gasteiger partial charge >= 0.3 is 12.0 Å². The number of aliphatic carboxylic acids is 1. The lowest BCUT2D eigenvalue weighted by Gasteiger charge is -2.31. The van der Waals surface area contributed by atoms with Crippen LogP contribution in [-0.2, 0) is 14.6 Å². The molecular weight excluding hydrogens is 296 g/mol. The Morgan fingerprint density at radius 3 is 2.19 bits per heavy atom. The van der Waals surface area contributed by atoms with Gasteiger partial charge in [0.2, 0.25) is 0 Å². The normalized spacial score (nSPS) is 19.9. The highest BCUT2D eigenvalue weighted by Crippen LogP contribution is 2.22. The highest BCUT2D eigenvalue weighted by atomic mass is 32.2. The monoisotopic (exact) mass is 320 g/mol. The van der Waals surface area contributed by atoms with Crippen molar-refractivity contribution in [2.75, 3.05) is 24.6 Å². The maximum atomic E-state index is 12.1. The van der Waals surface area contributed by atoms with Crippen molar-refractivity contribution >= 4 is 21.8 Å². The van der Waals surface area contributed by atoms with Crippen LogP contribution >= 0.6 is 0 Å². The molecule has 122 valence electrons. The summed E-state index contributed by atoms with van der Waals surface area (Å²) in [6, 6.07) is -0.853. The highest BCUT2D eigenvalue weighted by Gasteiger charge is 2.28. The van der Waals surface area contributed by atoms with Crippen LogP contribution in [0.4, 0.5) is 4.79 Å². The van der Waals surface area contributed by atoms with Crippen molar-refractivity contribution in [3.8, 4) is 0 Å². The van der Waals surface area contributed by atoms with E-state index in [1.54, 1.807) is 0 Å². The first-order valence-electron chi connectivity index (χ1n) is 6.96. The standard InChI is InChI=1S/C13H24N2O5S/c1-13(2,3)9-10(8-11(16)17)14-12(18)15-4-6-21(19,20)7-5-15/h10H,4-9H2,1-3H3,(H,14,18)(H,16,17). The van der Waals surface area contributed by atoms with Crippen molar-refractivity contribution < 1.29 is 23.1 Å². The number of carbonyl (C=O) groups is 2. The Bertz CT molecular complexity index is 481. The molecule has 0 saturated carbocycles. The molecule has 0 spiro atoms. The molecule has 1 aliphatic rings. The van der Waals surface area contributed by atoms with Crippen LogP contribution in [0.15, 0.2) is 0 Å². The number of carboxylic acid groups (broad SMARTS) is 1. The molecule has 0 aromatic rings. The maximum Gasteiger partial charge on any atom is 0.317 e. The lowest BCUT2D eigenvalue weighted by atomic mass is 9.87. The van der Waals surface area contributed by atoms with Gasteiger partial charge in [-0.3, -0.25) is 4.79 Å². The number of carbonyl (C=O) groups excluding carboxylic acids is 1. The van der Waals surface area contributed by atoms with Gasteiger partial charge in [0.15, 0.2) is 9.84 Å². The number of amides is 2. The van der Waals surface area contributed by atoms with Crippen molar-refractivity contribution in [1.29, 1.82) is 0 Å². The topological polar surface area (TPSA) is 104 Å². The number of nitrogens with zero attached hydrogens (tertiary/aromatic N) is 1. The first-order chi connectivity index (χ1) is 9.48. The third kappa shape index (κ3) is 6.79. The lowest BCUT2D eigenvalue weighted by molar-refractivity contribution is -0.137.